The summed E-state index contributed by atoms with van der Waals surface area (Å²) in [5.74, 6) is 0.983. The normalized spacial score (nSPS) is 17.6. The van der Waals surface area contributed by atoms with Crippen molar-refractivity contribution in [3.05, 3.63) is 46.0 Å². The number of amides is 1. The number of halogens is 3. The number of nitriles is 1. The van der Waals surface area contributed by atoms with Gasteiger partial charge in [0.15, 0.2) is 0 Å². The summed E-state index contributed by atoms with van der Waals surface area (Å²) in [5, 5.41) is 20.9. The molecule has 5 heterocycles. The van der Waals surface area contributed by atoms with Crippen molar-refractivity contribution < 1.29 is 18.0 Å². The Balaban J connectivity index is 1.08. The minimum absolute atomic E-state index is 0.0355. The molecule has 0 radical (unpaired) electrons. The summed E-state index contributed by atoms with van der Waals surface area (Å²) in [6.45, 7) is 11.5. The zero-order valence-corrected chi connectivity index (χ0v) is 29.8. The Kier molecular flexibility index (Phi) is 10.8. The van der Waals surface area contributed by atoms with E-state index in [4.69, 9.17) is 0 Å². The van der Waals surface area contributed by atoms with Gasteiger partial charge in [-0.1, -0.05) is 6.07 Å². The van der Waals surface area contributed by atoms with E-state index in [1.165, 1.54) is 11.1 Å². The number of nitrogens with one attached hydrogen (secondary N) is 3. The van der Waals surface area contributed by atoms with Crippen LogP contribution in [0.3, 0.4) is 0 Å². The molecule has 11 nitrogen and oxygen atoms in total. The van der Waals surface area contributed by atoms with Crippen LogP contribution in [0.4, 0.5) is 24.9 Å². The van der Waals surface area contributed by atoms with Crippen molar-refractivity contribution in [3.8, 4) is 6.07 Å². The second-order valence-corrected chi connectivity index (χ2v) is 14.5. The van der Waals surface area contributed by atoms with Crippen molar-refractivity contribution in [2.75, 3.05) is 70.5 Å². The lowest BCUT2D eigenvalue weighted by Crippen LogP contribution is -2.52. The first-order valence-electron chi connectivity index (χ1n) is 17.2. The van der Waals surface area contributed by atoms with E-state index >= 15 is 0 Å². The molecule has 1 amide bonds. The predicted octanol–water partition coefficient (Wildman–Crippen LogP) is 4.80. The average molecular weight is 711 g/mol. The lowest BCUT2D eigenvalue weighted by atomic mass is 10.0. The van der Waals surface area contributed by atoms with Gasteiger partial charge < -0.3 is 20.5 Å². The molecule has 6 rings (SSSR count). The Morgan fingerprint density at radius 2 is 1.80 bits per heavy atom. The molecule has 0 aliphatic carbocycles. The Hall–Kier alpha value is -3.97. The van der Waals surface area contributed by atoms with E-state index in [0.29, 0.717) is 40.8 Å². The molecule has 2 fully saturated rings. The van der Waals surface area contributed by atoms with Gasteiger partial charge in [0, 0.05) is 94.3 Å². The van der Waals surface area contributed by atoms with Gasteiger partial charge in [-0.3, -0.25) is 19.5 Å². The van der Waals surface area contributed by atoms with E-state index < -0.39 is 12.6 Å². The summed E-state index contributed by atoms with van der Waals surface area (Å²) in [6.07, 6.45) is -3.52. The number of piperazine rings is 1. The minimum atomic E-state index is -4.28. The molecular weight excluding hydrogens is 666 g/mol. The summed E-state index contributed by atoms with van der Waals surface area (Å²) in [4.78, 5) is 28.6. The molecule has 3 aromatic heterocycles. The van der Waals surface area contributed by atoms with Gasteiger partial charge in [-0.25, -0.2) is 4.98 Å². The Morgan fingerprint density at radius 3 is 2.46 bits per heavy atom. The summed E-state index contributed by atoms with van der Waals surface area (Å²) >= 11 is 1.06. The van der Waals surface area contributed by atoms with Gasteiger partial charge >= 0.3 is 6.18 Å². The zero-order valence-electron chi connectivity index (χ0n) is 29.0. The number of likely N-dealkylation sites (tertiary alicyclic amines) is 1. The van der Waals surface area contributed by atoms with Crippen LogP contribution in [0.2, 0.25) is 0 Å². The van der Waals surface area contributed by atoms with Gasteiger partial charge in [0.05, 0.1) is 18.4 Å². The quantitative estimate of drug-likeness (QED) is 0.202. The number of rotatable bonds is 11. The van der Waals surface area contributed by atoms with Crippen molar-refractivity contribution in [1.29, 1.82) is 5.26 Å². The molecule has 0 saturated carbocycles. The number of aryl methyl sites for hydroxylation is 1. The number of likely N-dealkylation sites (N-methyl/N-ethyl adjacent to an activating group) is 1. The first-order chi connectivity index (χ1) is 23.9. The number of carbonyl (C=O) groups is 1. The van der Waals surface area contributed by atoms with Gasteiger partial charge in [-0.05, 0) is 56.0 Å². The molecule has 0 spiro atoms. The van der Waals surface area contributed by atoms with Gasteiger partial charge in [-0.15, -0.1) is 11.3 Å². The fourth-order valence-corrected chi connectivity index (χ4v) is 8.21. The van der Waals surface area contributed by atoms with E-state index in [-0.39, 0.29) is 22.9 Å². The fourth-order valence-electron chi connectivity index (χ4n) is 7.15. The van der Waals surface area contributed by atoms with E-state index in [1.807, 2.05) is 6.07 Å². The maximum absolute atomic E-state index is 13.1. The number of benzene rings is 1. The van der Waals surface area contributed by atoms with E-state index in [1.54, 1.807) is 20.2 Å². The molecule has 2 aliphatic heterocycles. The van der Waals surface area contributed by atoms with Crippen molar-refractivity contribution in [2.45, 2.75) is 64.5 Å². The zero-order chi connectivity index (χ0) is 35.6. The monoisotopic (exact) mass is 710 g/mol. The van der Waals surface area contributed by atoms with Crippen LogP contribution < -0.4 is 16.0 Å². The molecule has 1 atom stereocenters. The lowest BCUT2D eigenvalue weighted by Gasteiger charge is -2.38. The second-order valence-electron chi connectivity index (χ2n) is 13.4. The molecule has 268 valence electrons. The highest BCUT2D eigenvalue weighted by Gasteiger charge is 2.30. The molecule has 0 unspecified atom stereocenters. The van der Waals surface area contributed by atoms with Crippen LogP contribution in [0, 0.1) is 18.3 Å². The fraction of sp³-hybridized carbons (Fsp3) is 0.543. The van der Waals surface area contributed by atoms with Crippen molar-refractivity contribution in [1.82, 2.24) is 34.6 Å². The molecule has 2 aliphatic rings. The standard InChI is InChI=1S/C35H45F3N10OS/c1-22(47-13-11-46(12-14-47)21-31(49)40-3)19-48-26(18-39)15-28-23(2)24(5-6-30(28)48)20-45-9-7-25(8-10-45)42-32-29-16-27(17-35(36,37)38)50-33(29)44-34(41-4)43-32/h5-6,15-16,22,25H,7-14,17,19-21H2,1-4H3,(H,40,49)(H2,41,42,43,44)/t22-/m0/s1. The van der Waals surface area contributed by atoms with Crippen LogP contribution in [-0.2, 0) is 24.3 Å². The maximum atomic E-state index is 13.1. The molecule has 50 heavy (non-hydrogen) atoms. The molecule has 2 saturated heterocycles. The lowest BCUT2D eigenvalue weighted by molar-refractivity contribution is -0.126. The topological polar surface area (TPSA) is 117 Å². The summed E-state index contributed by atoms with van der Waals surface area (Å²) < 4.78 is 41.4. The highest BCUT2D eigenvalue weighted by atomic mass is 32.1. The highest BCUT2D eigenvalue weighted by molar-refractivity contribution is 7.18. The number of nitrogens with zero attached hydrogens (tertiary/aromatic N) is 7. The Morgan fingerprint density at radius 1 is 1.06 bits per heavy atom. The first kappa shape index (κ1) is 35.8. The number of thiophene rings is 1. The predicted molar refractivity (Wildman–Crippen MR) is 192 cm³/mol. The molecular formula is C35H45F3N10OS. The smallest absolute Gasteiger partial charge is 0.367 e. The van der Waals surface area contributed by atoms with Gasteiger partial charge in [0.25, 0.3) is 0 Å². The highest BCUT2D eigenvalue weighted by Crippen LogP contribution is 2.35. The summed E-state index contributed by atoms with van der Waals surface area (Å²) in [5.41, 5.74) is 4.15. The molecule has 1 aromatic carbocycles. The van der Waals surface area contributed by atoms with Crippen LogP contribution >= 0.6 is 11.3 Å². The first-order valence-corrected chi connectivity index (χ1v) is 18.0. The third kappa shape index (κ3) is 8.15. The Labute approximate surface area is 294 Å². The van der Waals surface area contributed by atoms with Crippen molar-refractivity contribution in [2.24, 2.45) is 0 Å². The second kappa shape index (κ2) is 15.1. The third-order valence-corrected chi connectivity index (χ3v) is 11.1. The number of alkyl halides is 3. The van der Waals surface area contributed by atoms with Crippen molar-refractivity contribution >= 4 is 50.1 Å². The number of carbonyl (C=O) groups excluding carboxylic acids is 1. The van der Waals surface area contributed by atoms with Gasteiger partial charge in [0.2, 0.25) is 11.9 Å². The van der Waals surface area contributed by atoms with Crippen LogP contribution in [0.25, 0.3) is 21.1 Å². The molecule has 3 N–H and O–H groups in total. The largest absolute Gasteiger partial charge is 0.393 e. The van der Waals surface area contributed by atoms with Crippen molar-refractivity contribution in [3.63, 3.8) is 0 Å². The number of piperidine rings is 1. The Bertz CT molecular complexity index is 1870. The number of anilines is 2. The number of fused-ring (bicyclic) bond motifs is 2. The van der Waals surface area contributed by atoms with Crippen LogP contribution in [0.15, 0.2) is 24.3 Å². The van der Waals surface area contributed by atoms with E-state index in [9.17, 15) is 23.2 Å². The molecule has 0 bridgehead atoms. The van der Waals surface area contributed by atoms with Crippen LogP contribution in [-0.4, -0.2) is 113 Å². The van der Waals surface area contributed by atoms with Crippen LogP contribution in [0.5, 0.6) is 0 Å². The van der Waals surface area contributed by atoms with E-state index in [2.05, 4.69) is 77.2 Å². The maximum Gasteiger partial charge on any atom is 0.393 e. The molecule has 15 heteroatoms. The average Bonchev–Trinajstić information content (AvgIpc) is 3.66. The SMILES string of the molecule is CNC(=O)CN1CCN([C@@H](C)Cn2c(C#N)cc3c(C)c(CN4CCC(Nc5nc(NC)nc6sc(CC(F)(F)F)cc56)CC4)ccc32)CC1. The van der Waals surface area contributed by atoms with E-state index in [0.717, 1.165) is 80.9 Å². The molecule has 4 aromatic rings. The van der Waals surface area contributed by atoms with Gasteiger partial charge in [0.1, 0.15) is 22.4 Å². The number of hydrogen-bond donors (Lipinski definition) is 3. The minimum Gasteiger partial charge on any atom is -0.367 e. The number of hydrogen-bond acceptors (Lipinski definition) is 10. The van der Waals surface area contributed by atoms with Crippen LogP contribution in [0.1, 0.15) is 41.5 Å². The summed E-state index contributed by atoms with van der Waals surface area (Å²) in [7, 11) is 3.36. The van der Waals surface area contributed by atoms with Gasteiger partial charge in [-0.2, -0.15) is 23.4 Å². The third-order valence-electron chi connectivity index (χ3n) is 10.1. The number of aromatic nitrogens is 3. The summed E-state index contributed by atoms with van der Waals surface area (Å²) in [6, 6.07) is 10.7.